The highest BCUT2D eigenvalue weighted by atomic mass is 35.5. The third kappa shape index (κ3) is 7.74. The van der Waals surface area contributed by atoms with E-state index in [1.807, 2.05) is 6.92 Å². The number of anilines is 1. The molecule has 2 aromatic carbocycles. The van der Waals surface area contributed by atoms with Crippen LogP contribution in [0.5, 0.6) is 0 Å². The Morgan fingerprint density at radius 1 is 1.09 bits per heavy atom. The van der Waals surface area contributed by atoms with E-state index >= 15 is 0 Å². The second-order valence-corrected chi connectivity index (χ2v) is 11.3. The van der Waals surface area contributed by atoms with Crippen LogP contribution >= 0.6 is 34.8 Å². The van der Waals surface area contributed by atoms with Crippen LogP contribution in [0.3, 0.4) is 0 Å². The van der Waals surface area contributed by atoms with Crippen LogP contribution in [0, 0.1) is 6.92 Å². The molecule has 11 heteroatoms. The fraction of sp³-hybridized carbons (Fsp3) is 0.417. The first-order valence-corrected chi connectivity index (χ1v) is 14.1. The largest absolute Gasteiger partial charge is 0.357 e. The van der Waals surface area contributed by atoms with Crippen molar-refractivity contribution in [2.45, 2.75) is 45.7 Å². The number of halogens is 3. The maximum atomic E-state index is 13.3. The van der Waals surface area contributed by atoms with Gasteiger partial charge in [-0.3, -0.25) is 13.9 Å². The molecule has 0 spiro atoms. The van der Waals surface area contributed by atoms with Crippen LogP contribution < -0.4 is 9.62 Å². The van der Waals surface area contributed by atoms with Crippen molar-refractivity contribution in [2.24, 2.45) is 0 Å². The van der Waals surface area contributed by atoms with Crippen molar-refractivity contribution in [3.8, 4) is 0 Å². The van der Waals surface area contributed by atoms with Crippen molar-refractivity contribution in [3.05, 3.63) is 62.6 Å². The summed E-state index contributed by atoms with van der Waals surface area (Å²) in [7, 11) is -2.10. The molecule has 1 N–H and O–H groups in total. The van der Waals surface area contributed by atoms with Crippen LogP contribution in [-0.2, 0) is 26.2 Å². The third-order valence-corrected chi connectivity index (χ3v) is 7.82. The van der Waals surface area contributed by atoms with Gasteiger partial charge < -0.3 is 10.2 Å². The predicted molar refractivity (Wildman–Crippen MR) is 143 cm³/mol. The lowest BCUT2D eigenvalue weighted by molar-refractivity contribution is -0.141. The highest BCUT2D eigenvalue weighted by Crippen LogP contribution is 2.29. The topological polar surface area (TPSA) is 86.8 Å². The van der Waals surface area contributed by atoms with Gasteiger partial charge in [-0.15, -0.1) is 0 Å². The molecular formula is C24H30Cl3N3O4S. The average Bonchev–Trinajstić information content (AvgIpc) is 2.79. The molecule has 0 unspecified atom stereocenters. The first-order chi connectivity index (χ1) is 16.4. The van der Waals surface area contributed by atoms with Crippen LogP contribution in [0.15, 0.2) is 36.4 Å². The van der Waals surface area contributed by atoms with Crippen molar-refractivity contribution in [1.29, 1.82) is 0 Å². The Balaban J connectivity index is 2.26. The number of likely N-dealkylation sites (N-methyl/N-ethyl adjacent to an activating group) is 1. The van der Waals surface area contributed by atoms with E-state index in [2.05, 4.69) is 5.32 Å². The number of benzene rings is 2. The molecular weight excluding hydrogens is 533 g/mol. The zero-order valence-corrected chi connectivity index (χ0v) is 23.2. The first kappa shape index (κ1) is 29.2. The summed E-state index contributed by atoms with van der Waals surface area (Å²) in [6.45, 7) is 3.76. The maximum absolute atomic E-state index is 13.3. The summed E-state index contributed by atoms with van der Waals surface area (Å²) in [4.78, 5) is 27.3. The number of hydrogen-bond acceptors (Lipinski definition) is 4. The van der Waals surface area contributed by atoms with Gasteiger partial charge in [-0.25, -0.2) is 8.42 Å². The number of sulfonamides is 1. The third-order valence-electron chi connectivity index (χ3n) is 5.65. The molecule has 192 valence electrons. The normalized spacial score (nSPS) is 12.2. The molecule has 0 saturated heterocycles. The SMILES string of the molecule is CC[C@H](C(=O)NC)N(Cc1ccc(Cl)cc1Cl)C(=O)CCCN(c1cccc(Cl)c1C)S(C)(=O)=O. The summed E-state index contributed by atoms with van der Waals surface area (Å²) in [5.41, 5.74) is 1.75. The van der Waals surface area contributed by atoms with Crippen LogP contribution in [0.25, 0.3) is 0 Å². The molecule has 0 fully saturated rings. The minimum Gasteiger partial charge on any atom is -0.357 e. The van der Waals surface area contributed by atoms with Gasteiger partial charge in [-0.2, -0.15) is 0 Å². The molecule has 0 bridgehead atoms. The number of nitrogens with zero attached hydrogens (tertiary/aromatic N) is 2. The Morgan fingerprint density at radius 2 is 1.77 bits per heavy atom. The standard InChI is InChI=1S/C24H30Cl3N3O4S/c1-5-21(24(32)28-3)29(15-17-11-12-18(25)14-20(17)27)23(31)10-7-13-30(35(4,33)34)22-9-6-8-19(26)16(22)2/h6,8-9,11-12,14,21H,5,7,10,13,15H2,1-4H3,(H,28,32)/t21-/m1/s1. The van der Waals surface area contributed by atoms with E-state index in [0.717, 1.165) is 6.26 Å². The van der Waals surface area contributed by atoms with E-state index in [9.17, 15) is 18.0 Å². The second-order valence-electron chi connectivity index (χ2n) is 8.12. The predicted octanol–water partition coefficient (Wildman–Crippen LogP) is 5.05. The van der Waals surface area contributed by atoms with Gasteiger partial charge in [0.1, 0.15) is 6.04 Å². The van der Waals surface area contributed by atoms with Gasteiger partial charge in [0, 0.05) is 41.6 Å². The van der Waals surface area contributed by atoms with Gasteiger partial charge in [-0.05, 0) is 55.2 Å². The van der Waals surface area contributed by atoms with Crippen molar-refractivity contribution >= 4 is 62.3 Å². The van der Waals surface area contributed by atoms with Crippen molar-refractivity contribution in [3.63, 3.8) is 0 Å². The molecule has 0 saturated carbocycles. The second kappa shape index (κ2) is 12.8. The van der Waals surface area contributed by atoms with Crippen LogP contribution in [0.2, 0.25) is 15.1 Å². The Kier molecular flexibility index (Phi) is 10.7. The van der Waals surface area contributed by atoms with Crippen molar-refractivity contribution in [2.75, 3.05) is 24.2 Å². The van der Waals surface area contributed by atoms with Gasteiger partial charge in [0.2, 0.25) is 21.8 Å². The smallest absolute Gasteiger partial charge is 0.242 e. The van der Waals surface area contributed by atoms with Crippen molar-refractivity contribution < 1.29 is 18.0 Å². The number of amides is 2. The number of rotatable bonds is 11. The lowest BCUT2D eigenvalue weighted by Crippen LogP contribution is -2.48. The van der Waals surface area contributed by atoms with E-state index in [0.29, 0.717) is 38.3 Å². The minimum absolute atomic E-state index is 0.0321. The molecule has 0 aliphatic heterocycles. The molecule has 1 atom stereocenters. The first-order valence-electron chi connectivity index (χ1n) is 11.1. The van der Waals surface area contributed by atoms with Crippen molar-refractivity contribution in [1.82, 2.24) is 10.2 Å². The molecule has 7 nitrogen and oxygen atoms in total. The summed E-state index contributed by atoms with van der Waals surface area (Å²) in [5, 5.41) is 3.91. The highest BCUT2D eigenvalue weighted by molar-refractivity contribution is 7.92. The minimum atomic E-state index is -3.62. The fourth-order valence-electron chi connectivity index (χ4n) is 3.77. The number of carbonyl (C=O) groups is 2. The van der Waals surface area contributed by atoms with Gasteiger partial charge in [0.15, 0.2) is 0 Å². The molecule has 0 aromatic heterocycles. The van der Waals surface area contributed by atoms with E-state index < -0.39 is 16.1 Å². The van der Waals surface area contributed by atoms with Crippen LogP contribution in [0.1, 0.15) is 37.3 Å². The van der Waals surface area contributed by atoms with Gasteiger partial charge >= 0.3 is 0 Å². The summed E-state index contributed by atoms with van der Waals surface area (Å²) in [6.07, 6.45) is 1.79. The maximum Gasteiger partial charge on any atom is 0.242 e. The Bertz CT molecular complexity index is 1170. The van der Waals surface area contributed by atoms with E-state index in [1.165, 1.54) is 16.3 Å². The van der Waals surface area contributed by atoms with Gasteiger partial charge in [0.25, 0.3) is 0 Å². The Labute approximate surface area is 222 Å². The van der Waals surface area contributed by atoms with Gasteiger partial charge in [-0.1, -0.05) is 53.9 Å². The zero-order valence-electron chi connectivity index (χ0n) is 20.1. The summed E-state index contributed by atoms with van der Waals surface area (Å²) in [5.74, 6) is -0.582. The number of nitrogens with one attached hydrogen (secondary N) is 1. The van der Waals surface area contributed by atoms with Gasteiger partial charge in [0.05, 0.1) is 11.9 Å². The quantitative estimate of drug-likeness (QED) is 0.415. The van der Waals surface area contributed by atoms with Crippen LogP contribution in [-0.4, -0.2) is 51.0 Å². The summed E-state index contributed by atoms with van der Waals surface area (Å²) in [6, 6.07) is 9.31. The number of carbonyl (C=O) groups excluding carboxylic acids is 2. The molecule has 2 amide bonds. The Morgan fingerprint density at radius 3 is 2.34 bits per heavy atom. The average molecular weight is 563 g/mol. The highest BCUT2D eigenvalue weighted by Gasteiger charge is 2.29. The lowest BCUT2D eigenvalue weighted by Gasteiger charge is -2.31. The number of hydrogen-bond donors (Lipinski definition) is 1. The molecule has 0 aliphatic carbocycles. The Hall–Kier alpha value is -2.00. The fourth-order valence-corrected chi connectivity index (χ4v) is 5.42. The molecule has 35 heavy (non-hydrogen) atoms. The molecule has 2 rings (SSSR count). The van der Waals surface area contributed by atoms with E-state index in [-0.39, 0.29) is 37.7 Å². The molecule has 2 aromatic rings. The van der Waals surface area contributed by atoms with Crippen LogP contribution in [0.4, 0.5) is 5.69 Å². The lowest BCUT2D eigenvalue weighted by atomic mass is 10.1. The zero-order chi connectivity index (χ0) is 26.3. The molecule has 0 radical (unpaired) electrons. The molecule has 0 heterocycles. The summed E-state index contributed by atoms with van der Waals surface area (Å²) >= 11 is 18.5. The molecule has 0 aliphatic rings. The van der Waals surface area contributed by atoms with E-state index in [1.54, 1.807) is 43.3 Å². The van der Waals surface area contributed by atoms with E-state index in [4.69, 9.17) is 34.8 Å². The monoisotopic (exact) mass is 561 g/mol. The summed E-state index contributed by atoms with van der Waals surface area (Å²) < 4.78 is 26.3.